The van der Waals surface area contributed by atoms with Crippen LogP contribution in [0.15, 0.2) is 54.3 Å². The minimum Gasteiger partial charge on any atom is -0.343 e. The molecule has 9 nitrogen and oxygen atoms in total. The molecule has 1 N–H and O–H groups in total. The Balaban J connectivity index is 1.32. The van der Waals surface area contributed by atoms with Crippen molar-refractivity contribution in [1.82, 2.24) is 29.6 Å². The van der Waals surface area contributed by atoms with E-state index in [1.807, 2.05) is 30.2 Å². The normalized spacial score (nSPS) is 19.1. The van der Waals surface area contributed by atoms with E-state index >= 15 is 0 Å². The van der Waals surface area contributed by atoms with Crippen molar-refractivity contribution in [3.63, 3.8) is 0 Å². The summed E-state index contributed by atoms with van der Waals surface area (Å²) in [5.74, 6) is 0.899. The summed E-state index contributed by atoms with van der Waals surface area (Å²) >= 11 is 0. The number of carbonyl (C=O) groups excluding carboxylic acids is 2. The van der Waals surface area contributed by atoms with Gasteiger partial charge in [-0.05, 0) is 69.2 Å². The number of nitrogens with zero attached hydrogens (tertiary/aromatic N) is 6. The summed E-state index contributed by atoms with van der Waals surface area (Å²) in [5.41, 5.74) is 4.99. The van der Waals surface area contributed by atoms with Gasteiger partial charge in [-0.2, -0.15) is 14.8 Å². The highest BCUT2D eigenvalue weighted by Gasteiger charge is 2.37. The van der Waals surface area contributed by atoms with E-state index in [4.69, 9.17) is 0 Å². The molecule has 0 spiro atoms. The summed E-state index contributed by atoms with van der Waals surface area (Å²) in [7, 11) is 0. The zero-order valence-electron chi connectivity index (χ0n) is 20.6. The molecule has 0 aliphatic carbocycles. The van der Waals surface area contributed by atoms with Crippen molar-refractivity contribution in [3.8, 4) is 0 Å². The number of aromatic nitrogens is 4. The first-order valence-corrected chi connectivity index (χ1v) is 12.4. The minimum absolute atomic E-state index is 0.0552. The molecule has 2 aliphatic heterocycles. The molecule has 1 atom stereocenters. The number of aromatic amines is 1. The van der Waals surface area contributed by atoms with Crippen LogP contribution in [0.25, 0.3) is 11.1 Å². The van der Waals surface area contributed by atoms with Crippen LogP contribution in [0.5, 0.6) is 0 Å². The fourth-order valence-corrected chi connectivity index (χ4v) is 5.54. The van der Waals surface area contributed by atoms with Gasteiger partial charge >= 0.3 is 0 Å². The van der Waals surface area contributed by atoms with Gasteiger partial charge in [0.1, 0.15) is 11.9 Å². The van der Waals surface area contributed by atoms with E-state index in [9.17, 15) is 9.59 Å². The topological polar surface area (TPSA) is 99.0 Å². The average molecular weight is 486 g/mol. The van der Waals surface area contributed by atoms with E-state index < -0.39 is 0 Å². The smallest absolute Gasteiger partial charge is 0.246 e. The number of fused-ring (bicyclic) bond motifs is 1. The molecule has 36 heavy (non-hydrogen) atoms. The van der Waals surface area contributed by atoms with Crippen molar-refractivity contribution in [2.24, 2.45) is 4.99 Å². The number of aliphatic imine (C=N–C) groups is 1. The second-order valence-corrected chi connectivity index (χ2v) is 9.30. The Bertz CT molecular complexity index is 1340. The van der Waals surface area contributed by atoms with Crippen molar-refractivity contribution in [2.75, 3.05) is 19.6 Å². The van der Waals surface area contributed by atoms with E-state index in [2.05, 4.69) is 45.6 Å². The molecular formula is C27H31N7O2. The van der Waals surface area contributed by atoms with Crippen molar-refractivity contribution in [3.05, 3.63) is 66.1 Å². The Kier molecular flexibility index (Phi) is 6.54. The number of hydrogen-bond donors (Lipinski definition) is 1. The number of piperidine rings is 1. The Labute approximate surface area is 210 Å². The second-order valence-electron chi connectivity index (χ2n) is 9.30. The number of H-pyrrole nitrogens is 1. The lowest BCUT2D eigenvalue weighted by Gasteiger charge is -2.35. The van der Waals surface area contributed by atoms with Crippen LogP contribution in [0.4, 0.5) is 5.82 Å². The maximum absolute atomic E-state index is 13.2. The molecular weight excluding hydrogens is 454 g/mol. The lowest BCUT2D eigenvalue weighted by Crippen LogP contribution is -2.49. The van der Waals surface area contributed by atoms with Crippen LogP contribution in [0.2, 0.25) is 0 Å². The van der Waals surface area contributed by atoms with Gasteiger partial charge in [0.2, 0.25) is 11.8 Å². The van der Waals surface area contributed by atoms with Crippen LogP contribution in [0, 0.1) is 0 Å². The van der Waals surface area contributed by atoms with Crippen LogP contribution in [-0.4, -0.2) is 73.8 Å². The molecule has 2 saturated heterocycles. The number of hydrogen-bond acceptors (Lipinski definition) is 5. The highest BCUT2D eigenvalue weighted by atomic mass is 16.2. The largest absolute Gasteiger partial charge is 0.343 e. The lowest BCUT2D eigenvalue weighted by atomic mass is 9.92. The molecule has 0 saturated carbocycles. The number of likely N-dealkylation sites (tertiary alicyclic amines) is 2. The molecule has 3 aromatic heterocycles. The summed E-state index contributed by atoms with van der Waals surface area (Å²) in [6.07, 6.45) is 10.2. The summed E-state index contributed by atoms with van der Waals surface area (Å²) in [5, 5.41) is 8.66. The van der Waals surface area contributed by atoms with Gasteiger partial charge in [0.05, 0.1) is 11.7 Å². The molecule has 2 amide bonds. The SMILES string of the molecule is C=CC(=O)N1CCC[C@H]1C(=O)N1CCC(c2cc(/C(=C\C)c3cnn4ncccc34)c(N=C)[nH]2)CC1. The molecule has 0 radical (unpaired) electrons. The van der Waals surface area contributed by atoms with Crippen LogP contribution < -0.4 is 0 Å². The van der Waals surface area contributed by atoms with Crippen LogP contribution in [0.3, 0.4) is 0 Å². The molecule has 0 unspecified atom stereocenters. The van der Waals surface area contributed by atoms with Gasteiger partial charge in [0.25, 0.3) is 0 Å². The maximum atomic E-state index is 13.2. The standard InChI is InChI=1S/C27H31N7O2/c1-4-19(21-17-30-34-23(21)8-6-12-29-34)20-16-22(31-26(20)28-3)18-10-14-32(15-11-18)27(36)24-9-7-13-33(24)25(35)5-2/h4-6,8,12,16-18,24,31H,2-3,7,9-11,13-15H2,1H3/b19-4+/t24-/m0/s1. The number of allylic oxidation sites excluding steroid dienone is 1. The fourth-order valence-electron chi connectivity index (χ4n) is 5.54. The summed E-state index contributed by atoms with van der Waals surface area (Å²) in [4.78, 5) is 36.7. The molecule has 2 aliphatic rings. The summed E-state index contributed by atoms with van der Waals surface area (Å²) < 4.78 is 1.62. The molecule has 0 aromatic carbocycles. The minimum atomic E-state index is -0.363. The van der Waals surface area contributed by atoms with Gasteiger partial charge in [0.15, 0.2) is 0 Å². The third kappa shape index (κ3) is 4.14. The van der Waals surface area contributed by atoms with Crippen molar-refractivity contribution >= 4 is 35.4 Å². The monoisotopic (exact) mass is 485 g/mol. The molecule has 5 rings (SSSR count). The fraction of sp³-hybridized carbons (Fsp3) is 0.370. The predicted molar refractivity (Wildman–Crippen MR) is 139 cm³/mol. The van der Waals surface area contributed by atoms with E-state index in [0.717, 1.165) is 59.4 Å². The zero-order chi connectivity index (χ0) is 25.2. The maximum Gasteiger partial charge on any atom is 0.246 e. The van der Waals surface area contributed by atoms with E-state index in [1.54, 1.807) is 15.7 Å². The first-order valence-electron chi connectivity index (χ1n) is 12.4. The summed E-state index contributed by atoms with van der Waals surface area (Å²) in [6, 6.07) is 5.69. The molecule has 5 heterocycles. The van der Waals surface area contributed by atoms with Gasteiger partial charge in [-0.1, -0.05) is 12.7 Å². The first kappa shape index (κ1) is 23.7. The highest BCUT2D eigenvalue weighted by Crippen LogP contribution is 2.38. The van der Waals surface area contributed by atoms with Crippen molar-refractivity contribution in [2.45, 2.75) is 44.6 Å². The Morgan fingerprint density at radius 3 is 2.69 bits per heavy atom. The van der Waals surface area contributed by atoms with Gasteiger partial charge in [-0.3, -0.25) is 9.59 Å². The first-order chi connectivity index (χ1) is 17.5. The van der Waals surface area contributed by atoms with Gasteiger partial charge in [-0.15, -0.1) is 0 Å². The molecule has 186 valence electrons. The summed E-state index contributed by atoms with van der Waals surface area (Å²) in [6.45, 7) is 11.3. The molecule has 3 aromatic rings. The third-order valence-corrected chi connectivity index (χ3v) is 7.39. The molecule has 0 bridgehead atoms. The van der Waals surface area contributed by atoms with E-state index in [-0.39, 0.29) is 23.8 Å². The lowest BCUT2D eigenvalue weighted by molar-refractivity contribution is -0.142. The Morgan fingerprint density at radius 2 is 1.97 bits per heavy atom. The molecule has 9 heteroatoms. The van der Waals surface area contributed by atoms with Gasteiger partial charge in [-0.25, -0.2) is 4.99 Å². The average Bonchev–Trinajstić information content (AvgIpc) is 3.67. The van der Waals surface area contributed by atoms with Crippen LogP contribution >= 0.6 is 0 Å². The highest BCUT2D eigenvalue weighted by molar-refractivity contribution is 5.93. The Hall–Kier alpha value is -4.01. The second kappa shape index (κ2) is 9.93. The number of carbonyl (C=O) groups is 2. The van der Waals surface area contributed by atoms with E-state index in [0.29, 0.717) is 19.6 Å². The number of rotatable bonds is 6. The third-order valence-electron chi connectivity index (χ3n) is 7.39. The van der Waals surface area contributed by atoms with Crippen molar-refractivity contribution < 1.29 is 9.59 Å². The number of nitrogens with one attached hydrogen (secondary N) is 1. The van der Waals surface area contributed by atoms with E-state index in [1.165, 1.54) is 6.08 Å². The number of amides is 2. The molecule has 2 fully saturated rings. The quantitative estimate of drug-likeness (QED) is 0.425. The van der Waals surface area contributed by atoms with Gasteiger partial charge < -0.3 is 14.8 Å². The van der Waals surface area contributed by atoms with Gasteiger partial charge in [0, 0.05) is 48.6 Å². The van der Waals surface area contributed by atoms with Crippen LogP contribution in [-0.2, 0) is 9.59 Å². The van der Waals surface area contributed by atoms with Crippen molar-refractivity contribution in [1.29, 1.82) is 0 Å². The predicted octanol–water partition coefficient (Wildman–Crippen LogP) is 3.72. The Morgan fingerprint density at radius 1 is 1.17 bits per heavy atom. The van der Waals surface area contributed by atoms with Crippen LogP contribution in [0.1, 0.15) is 55.3 Å². The zero-order valence-corrected chi connectivity index (χ0v) is 20.6.